The third-order valence-electron chi connectivity index (χ3n) is 4.19. The van der Waals surface area contributed by atoms with Crippen LogP contribution in [0.5, 0.6) is 0 Å². The van der Waals surface area contributed by atoms with Crippen LogP contribution in [0.25, 0.3) is 11.0 Å². The highest BCUT2D eigenvalue weighted by molar-refractivity contribution is 6.39. The zero-order valence-electron chi connectivity index (χ0n) is 14.9. The molecule has 0 radical (unpaired) electrons. The molecule has 140 valence electrons. The first kappa shape index (κ1) is 19.3. The van der Waals surface area contributed by atoms with Crippen LogP contribution >= 0.6 is 23.2 Å². The first-order chi connectivity index (χ1) is 12.8. The molecule has 1 heterocycles. The Bertz CT molecular complexity index is 993. The van der Waals surface area contributed by atoms with Crippen molar-refractivity contribution in [1.82, 2.24) is 4.90 Å². The minimum Gasteiger partial charge on any atom is -0.464 e. The predicted molar refractivity (Wildman–Crippen MR) is 107 cm³/mol. The second kappa shape index (κ2) is 8.03. The zero-order chi connectivity index (χ0) is 19.6. The van der Waals surface area contributed by atoms with E-state index in [4.69, 9.17) is 27.6 Å². The summed E-state index contributed by atoms with van der Waals surface area (Å²) >= 11 is 12.1. The third kappa shape index (κ3) is 4.43. The lowest BCUT2D eigenvalue weighted by atomic mass is 10.1. The number of hydrogen-bond acceptors (Lipinski definition) is 3. The molecule has 0 aliphatic heterocycles. The number of anilines is 1. The van der Waals surface area contributed by atoms with E-state index in [2.05, 4.69) is 5.32 Å². The second-order valence-corrected chi connectivity index (χ2v) is 7.15. The van der Waals surface area contributed by atoms with Crippen LogP contribution in [0.1, 0.15) is 11.1 Å². The fourth-order valence-corrected chi connectivity index (χ4v) is 3.22. The van der Waals surface area contributed by atoms with Gasteiger partial charge >= 0.3 is 0 Å². The number of aryl methyl sites for hydroxylation is 1. The van der Waals surface area contributed by atoms with Crippen molar-refractivity contribution in [3.8, 4) is 0 Å². The van der Waals surface area contributed by atoms with E-state index in [9.17, 15) is 9.59 Å². The second-order valence-electron chi connectivity index (χ2n) is 6.33. The number of para-hydroxylation sites is 1. The van der Waals surface area contributed by atoms with Gasteiger partial charge in [0.25, 0.3) is 0 Å². The largest absolute Gasteiger partial charge is 0.464 e. The predicted octanol–water partition coefficient (Wildman–Crippen LogP) is 4.69. The lowest BCUT2D eigenvalue weighted by Gasteiger charge is -2.17. The third-order valence-corrected chi connectivity index (χ3v) is 4.82. The first-order valence-electron chi connectivity index (χ1n) is 8.29. The number of fused-ring (bicyclic) bond motifs is 1. The molecule has 0 bridgehead atoms. The SMILES string of the molecule is Cc1ccc2c(CC(=O)N(C)CC(=O)Nc3c(Cl)cccc3Cl)coc2c1. The number of amides is 2. The molecule has 1 aromatic heterocycles. The van der Waals surface area contributed by atoms with E-state index in [0.29, 0.717) is 15.7 Å². The molecule has 5 nitrogen and oxygen atoms in total. The van der Waals surface area contributed by atoms with Crippen LogP contribution in [0.15, 0.2) is 47.1 Å². The lowest BCUT2D eigenvalue weighted by Crippen LogP contribution is -2.35. The summed E-state index contributed by atoms with van der Waals surface area (Å²) in [6.45, 7) is 1.86. The molecule has 0 saturated carbocycles. The summed E-state index contributed by atoms with van der Waals surface area (Å²) in [7, 11) is 1.57. The van der Waals surface area contributed by atoms with Crippen LogP contribution in [0, 0.1) is 6.92 Å². The number of furan rings is 1. The van der Waals surface area contributed by atoms with Crippen molar-refractivity contribution in [2.45, 2.75) is 13.3 Å². The number of rotatable bonds is 5. The molecular weight excluding hydrogens is 387 g/mol. The molecule has 27 heavy (non-hydrogen) atoms. The van der Waals surface area contributed by atoms with Crippen molar-refractivity contribution in [2.75, 3.05) is 18.9 Å². The monoisotopic (exact) mass is 404 g/mol. The Morgan fingerprint density at radius 1 is 1.15 bits per heavy atom. The Kier molecular flexibility index (Phi) is 5.73. The average Bonchev–Trinajstić information content (AvgIpc) is 3.00. The number of nitrogens with one attached hydrogen (secondary N) is 1. The fourth-order valence-electron chi connectivity index (χ4n) is 2.72. The van der Waals surface area contributed by atoms with E-state index >= 15 is 0 Å². The number of carbonyl (C=O) groups is 2. The summed E-state index contributed by atoms with van der Waals surface area (Å²) in [6.07, 6.45) is 1.73. The van der Waals surface area contributed by atoms with Gasteiger partial charge < -0.3 is 14.6 Å². The van der Waals surface area contributed by atoms with Gasteiger partial charge in [-0.2, -0.15) is 0 Å². The highest BCUT2D eigenvalue weighted by Crippen LogP contribution is 2.29. The Hall–Kier alpha value is -2.50. The molecule has 0 fully saturated rings. The topological polar surface area (TPSA) is 62.6 Å². The summed E-state index contributed by atoms with van der Waals surface area (Å²) in [4.78, 5) is 26.1. The Morgan fingerprint density at radius 2 is 1.85 bits per heavy atom. The summed E-state index contributed by atoms with van der Waals surface area (Å²) in [5.74, 6) is -0.577. The minimum atomic E-state index is -0.381. The number of nitrogens with zero attached hydrogens (tertiary/aromatic N) is 1. The van der Waals surface area contributed by atoms with Gasteiger partial charge in [0, 0.05) is 18.0 Å². The smallest absolute Gasteiger partial charge is 0.244 e. The molecule has 2 aromatic carbocycles. The van der Waals surface area contributed by atoms with Gasteiger partial charge in [0.05, 0.1) is 35.0 Å². The van der Waals surface area contributed by atoms with Crippen LogP contribution in [-0.2, 0) is 16.0 Å². The van der Waals surface area contributed by atoms with Gasteiger partial charge in [-0.3, -0.25) is 9.59 Å². The molecule has 0 spiro atoms. The van der Waals surface area contributed by atoms with Crippen molar-refractivity contribution in [3.05, 3.63) is 63.8 Å². The highest BCUT2D eigenvalue weighted by atomic mass is 35.5. The van der Waals surface area contributed by atoms with E-state index < -0.39 is 0 Å². The minimum absolute atomic E-state index is 0.116. The van der Waals surface area contributed by atoms with Gasteiger partial charge in [0.15, 0.2) is 0 Å². The van der Waals surface area contributed by atoms with Crippen molar-refractivity contribution in [1.29, 1.82) is 0 Å². The Balaban J connectivity index is 1.64. The van der Waals surface area contributed by atoms with E-state index in [1.54, 1.807) is 31.5 Å². The maximum atomic E-state index is 12.5. The molecule has 0 aliphatic carbocycles. The van der Waals surface area contributed by atoms with Crippen LogP contribution in [0.2, 0.25) is 10.0 Å². The molecule has 0 unspecified atom stereocenters. The van der Waals surface area contributed by atoms with Gasteiger partial charge in [0.2, 0.25) is 11.8 Å². The van der Waals surface area contributed by atoms with Crippen molar-refractivity contribution in [3.63, 3.8) is 0 Å². The van der Waals surface area contributed by atoms with Crippen LogP contribution in [0.4, 0.5) is 5.69 Å². The van der Waals surface area contributed by atoms with E-state index in [0.717, 1.165) is 22.1 Å². The summed E-state index contributed by atoms with van der Waals surface area (Å²) in [5, 5.41) is 4.22. The number of hydrogen-bond donors (Lipinski definition) is 1. The van der Waals surface area contributed by atoms with Gasteiger partial charge in [0.1, 0.15) is 5.58 Å². The van der Waals surface area contributed by atoms with E-state index in [-0.39, 0.29) is 24.8 Å². The number of halogens is 2. The Labute approximate surface area is 166 Å². The zero-order valence-corrected chi connectivity index (χ0v) is 16.4. The average molecular weight is 405 g/mol. The van der Waals surface area contributed by atoms with Gasteiger partial charge in [-0.1, -0.05) is 41.4 Å². The van der Waals surface area contributed by atoms with E-state index in [1.165, 1.54) is 4.90 Å². The van der Waals surface area contributed by atoms with Crippen LogP contribution in [-0.4, -0.2) is 30.3 Å². The standard InChI is InChI=1S/C20H18Cl2N2O3/c1-12-6-7-14-13(11-27-17(14)8-12)9-19(26)24(2)10-18(25)23-20-15(21)4-3-5-16(20)22/h3-8,11H,9-10H2,1-2H3,(H,23,25). The van der Waals surface area contributed by atoms with Crippen molar-refractivity contribution in [2.24, 2.45) is 0 Å². The van der Waals surface area contributed by atoms with Crippen LogP contribution < -0.4 is 5.32 Å². The summed E-state index contributed by atoms with van der Waals surface area (Å²) < 4.78 is 5.52. The lowest BCUT2D eigenvalue weighted by molar-refractivity contribution is -0.132. The number of carbonyl (C=O) groups excluding carboxylic acids is 2. The first-order valence-corrected chi connectivity index (χ1v) is 9.05. The molecule has 0 atom stereocenters. The Morgan fingerprint density at radius 3 is 2.56 bits per heavy atom. The molecule has 3 aromatic rings. The van der Waals surface area contributed by atoms with Crippen molar-refractivity contribution < 1.29 is 14.0 Å². The summed E-state index contributed by atoms with van der Waals surface area (Å²) in [6, 6.07) is 10.8. The maximum absolute atomic E-state index is 12.5. The number of likely N-dealkylation sites (N-methyl/N-ethyl adjacent to an activating group) is 1. The van der Waals surface area contributed by atoms with Crippen molar-refractivity contribution >= 4 is 51.7 Å². The highest BCUT2D eigenvalue weighted by Gasteiger charge is 2.17. The quantitative estimate of drug-likeness (QED) is 0.670. The van der Waals surface area contributed by atoms with E-state index in [1.807, 2.05) is 25.1 Å². The normalized spacial score (nSPS) is 10.8. The molecule has 3 rings (SSSR count). The molecular formula is C20H18Cl2N2O3. The fraction of sp³-hybridized carbons (Fsp3) is 0.200. The van der Waals surface area contributed by atoms with Gasteiger partial charge in [-0.25, -0.2) is 0 Å². The van der Waals surface area contributed by atoms with Gasteiger partial charge in [-0.15, -0.1) is 0 Å². The summed E-state index contributed by atoms with van der Waals surface area (Å²) in [5.41, 5.74) is 2.95. The van der Waals surface area contributed by atoms with Gasteiger partial charge in [-0.05, 0) is 30.7 Å². The van der Waals surface area contributed by atoms with Crippen LogP contribution in [0.3, 0.4) is 0 Å². The molecule has 1 N–H and O–H groups in total. The molecule has 0 aliphatic rings. The molecule has 0 saturated heterocycles. The molecule has 2 amide bonds. The maximum Gasteiger partial charge on any atom is 0.244 e. The molecule has 7 heteroatoms. The number of benzene rings is 2.